The Labute approximate surface area is 120 Å². The van der Waals surface area contributed by atoms with E-state index in [2.05, 4.69) is 32.2 Å². The van der Waals surface area contributed by atoms with Crippen LogP contribution in [0.1, 0.15) is 39.2 Å². The lowest BCUT2D eigenvalue weighted by molar-refractivity contribution is 0.149. The van der Waals surface area contributed by atoms with E-state index < -0.39 is 0 Å². The average molecular weight is 286 g/mol. The lowest BCUT2D eigenvalue weighted by Crippen LogP contribution is -2.49. The third kappa shape index (κ3) is 2.84. The fourth-order valence-corrected chi connectivity index (χ4v) is 3.28. The summed E-state index contributed by atoms with van der Waals surface area (Å²) in [6.45, 7) is 7.70. The average Bonchev–Trinajstić information content (AvgIpc) is 2.26. The third-order valence-electron chi connectivity index (χ3n) is 3.86. The SMILES string of the molecule is CC1CC(CNC(C)C)(c2ccc(Cl)c(Cl)c2)C1. The van der Waals surface area contributed by atoms with Gasteiger partial charge in [-0.2, -0.15) is 0 Å². The zero-order valence-corrected chi connectivity index (χ0v) is 12.8. The molecule has 0 aromatic heterocycles. The summed E-state index contributed by atoms with van der Waals surface area (Å²) in [6.07, 6.45) is 2.45. The minimum Gasteiger partial charge on any atom is -0.314 e. The molecular formula is C15H21Cl2N. The van der Waals surface area contributed by atoms with Crippen LogP contribution in [0.25, 0.3) is 0 Å². The van der Waals surface area contributed by atoms with E-state index in [4.69, 9.17) is 23.2 Å². The molecule has 0 aliphatic heterocycles. The van der Waals surface area contributed by atoms with Gasteiger partial charge in [-0.25, -0.2) is 0 Å². The predicted octanol–water partition coefficient (Wildman–Crippen LogP) is 4.66. The Morgan fingerprint density at radius 2 is 1.94 bits per heavy atom. The molecule has 0 radical (unpaired) electrons. The molecule has 1 aromatic rings. The van der Waals surface area contributed by atoms with Gasteiger partial charge in [-0.3, -0.25) is 0 Å². The maximum Gasteiger partial charge on any atom is 0.0595 e. The van der Waals surface area contributed by atoms with Crippen LogP contribution in [0.2, 0.25) is 10.0 Å². The molecule has 0 bridgehead atoms. The van der Waals surface area contributed by atoms with Crippen molar-refractivity contribution in [2.75, 3.05) is 6.54 Å². The zero-order chi connectivity index (χ0) is 13.3. The summed E-state index contributed by atoms with van der Waals surface area (Å²) in [7, 11) is 0. The van der Waals surface area contributed by atoms with Gasteiger partial charge in [0.25, 0.3) is 0 Å². The molecule has 1 aliphatic carbocycles. The second-order valence-corrected chi connectivity index (χ2v) is 6.77. The Hall–Kier alpha value is -0.240. The summed E-state index contributed by atoms with van der Waals surface area (Å²) in [5.74, 6) is 0.799. The van der Waals surface area contributed by atoms with Crippen LogP contribution in [-0.2, 0) is 5.41 Å². The van der Waals surface area contributed by atoms with Crippen molar-refractivity contribution in [3.05, 3.63) is 33.8 Å². The molecule has 0 unspecified atom stereocenters. The molecule has 0 saturated heterocycles. The molecule has 0 atom stereocenters. The van der Waals surface area contributed by atoms with Crippen LogP contribution >= 0.6 is 23.2 Å². The Morgan fingerprint density at radius 3 is 2.44 bits per heavy atom. The van der Waals surface area contributed by atoms with Crippen LogP contribution in [0, 0.1) is 5.92 Å². The zero-order valence-electron chi connectivity index (χ0n) is 11.3. The lowest BCUT2D eigenvalue weighted by atomic mass is 9.59. The highest BCUT2D eigenvalue weighted by Crippen LogP contribution is 2.48. The minimum atomic E-state index is 0.248. The van der Waals surface area contributed by atoms with Crippen molar-refractivity contribution in [3.63, 3.8) is 0 Å². The highest BCUT2D eigenvalue weighted by molar-refractivity contribution is 6.42. The topological polar surface area (TPSA) is 12.0 Å². The monoisotopic (exact) mass is 285 g/mol. The van der Waals surface area contributed by atoms with E-state index in [0.717, 1.165) is 12.5 Å². The summed E-state index contributed by atoms with van der Waals surface area (Å²) >= 11 is 12.1. The highest BCUT2D eigenvalue weighted by atomic mass is 35.5. The summed E-state index contributed by atoms with van der Waals surface area (Å²) in [4.78, 5) is 0. The van der Waals surface area contributed by atoms with Crippen LogP contribution < -0.4 is 5.32 Å². The van der Waals surface area contributed by atoms with Crippen molar-refractivity contribution in [2.24, 2.45) is 5.92 Å². The van der Waals surface area contributed by atoms with E-state index in [1.807, 2.05) is 12.1 Å². The molecule has 1 aliphatic rings. The number of halogens is 2. The molecule has 0 spiro atoms. The second-order valence-electron chi connectivity index (χ2n) is 5.96. The summed E-state index contributed by atoms with van der Waals surface area (Å²) in [5, 5.41) is 4.87. The number of hydrogen-bond acceptors (Lipinski definition) is 1. The largest absolute Gasteiger partial charge is 0.314 e. The Balaban J connectivity index is 2.21. The molecule has 3 heteroatoms. The van der Waals surface area contributed by atoms with E-state index in [-0.39, 0.29) is 5.41 Å². The van der Waals surface area contributed by atoms with Gasteiger partial charge in [-0.05, 0) is 36.5 Å². The molecule has 100 valence electrons. The standard InChI is InChI=1S/C15H21Cl2N/c1-10(2)18-9-15(7-11(3)8-15)12-4-5-13(16)14(17)6-12/h4-6,10-11,18H,7-9H2,1-3H3. The van der Waals surface area contributed by atoms with Crippen molar-refractivity contribution in [1.29, 1.82) is 0 Å². The molecule has 0 amide bonds. The van der Waals surface area contributed by atoms with Gasteiger partial charge in [0, 0.05) is 18.0 Å². The first kappa shape index (κ1) is 14.2. The van der Waals surface area contributed by atoms with E-state index >= 15 is 0 Å². The van der Waals surface area contributed by atoms with Crippen molar-refractivity contribution in [3.8, 4) is 0 Å². The second kappa shape index (κ2) is 5.40. The lowest BCUT2D eigenvalue weighted by Gasteiger charge is -2.48. The highest BCUT2D eigenvalue weighted by Gasteiger charge is 2.43. The first-order chi connectivity index (χ1) is 8.43. The van der Waals surface area contributed by atoms with E-state index in [0.29, 0.717) is 16.1 Å². The molecular weight excluding hydrogens is 265 g/mol. The first-order valence-corrected chi connectivity index (χ1v) is 7.37. The number of nitrogens with one attached hydrogen (secondary N) is 1. The van der Waals surface area contributed by atoms with Crippen LogP contribution in [0.5, 0.6) is 0 Å². The van der Waals surface area contributed by atoms with Gasteiger partial charge in [-0.1, -0.05) is 50.0 Å². The fraction of sp³-hybridized carbons (Fsp3) is 0.600. The number of benzene rings is 1. The maximum atomic E-state index is 6.15. The number of rotatable bonds is 4. The van der Waals surface area contributed by atoms with Crippen molar-refractivity contribution in [2.45, 2.75) is 45.1 Å². The third-order valence-corrected chi connectivity index (χ3v) is 4.60. The molecule has 0 heterocycles. The summed E-state index contributed by atoms with van der Waals surface area (Å²) in [6, 6.07) is 6.60. The smallest absolute Gasteiger partial charge is 0.0595 e. The first-order valence-electron chi connectivity index (χ1n) is 6.62. The molecule has 2 rings (SSSR count). The molecule has 18 heavy (non-hydrogen) atoms. The van der Waals surface area contributed by atoms with Gasteiger partial charge < -0.3 is 5.32 Å². The van der Waals surface area contributed by atoms with Gasteiger partial charge in [0.1, 0.15) is 0 Å². The van der Waals surface area contributed by atoms with Crippen molar-refractivity contribution >= 4 is 23.2 Å². The minimum absolute atomic E-state index is 0.248. The van der Waals surface area contributed by atoms with E-state index in [1.165, 1.54) is 18.4 Å². The summed E-state index contributed by atoms with van der Waals surface area (Å²) in [5.41, 5.74) is 1.57. The summed E-state index contributed by atoms with van der Waals surface area (Å²) < 4.78 is 0. The van der Waals surface area contributed by atoms with Gasteiger partial charge in [0.2, 0.25) is 0 Å². The van der Waals surface area contributed by atoms with Gasteiger partial charge in [0.15, 0.2) is 0 Å². The Kier molecular flexibility index (Phi) is 4.25. The van der Waals surface area contributed by atoms with Crippen LogP contribution in [0.3, 0.4) is 0 Å². The van der Waals surface area contributed by atoms with E-state index in [1.54, 1.807) is 0 Å². The van der Waals surface area contributed by atoms with Crippen LogP contribution in [-0.4, -0.2) is 12.6 Å². The maximum absolute atomic E-state index is 6.15. The van der Waals surface area contributed by atoms with Crippen LogP contribution in [0.4, 0.5) is 0 Å². The van der Waals surface area contributed by atoms with Crippen molar-refractivity contribution in [1.82, 2.24) is 5.32 Å². The van der Waals surface area contributed by atoms with Gasteiger partial charge in [-0.15, -0.1) is 0 Å². The van der Waals surface area contributed by atoms with Gasteiger partial charge in [0.05, 0.1) is 10.0 Å². The normalized spacial score (nSPS) is 27.3. The predicted molar refractivity (Wildman–Crippen MR) is 79.7 cm³/mol. The molecule has 1 nitrogen and oxygen atoms in total. The Bertz CT molecular complexity index is 423. The molecule has 1 saturated carbocycles. The van der Waals surface area contributed by atoms with Crippen molar-refractivity contribution < 1.29 is 0 Å². The Morgan fingerprint density at radius 1 is 1.28 bits per heavy atom. The quantitative estimate of drug-likeness (QED) is 0.849. The molecule has 1 aromatic carbocycles. The fourth-order valence-electron chi connectivity index (χ4n) is 2.98. The van der Waals surface area contributed by atoms with Gasteiger partial charge >= 0.3 is 0 Å². The molecule has 1 N–H and O–H groups in total. The number of hydrogen-bond donors (Lipinski definition) is 1. The van der Waals surface area contributed by atoms with Crippen LogP contribution in [0.15, 0.2) is 18.2 Å². The molecule has 1 fully saturated rings. The van der Waals surface area contributed by atoms with E-state index in [9.17, 15) is 0 Å².